The van der Waals surface area contributed by atoms with Crippen LogP contribution < -0.4 is 35.9 Å². The van der Waals surface area contributed by atoms with Gasteiger partial charge in [0, 0.05) is 0 Å². The Labute approximate surface area is 208 Å². The Kier molecular flexibility index (Phi) is 11.5. The maximum atomic E-state index is 8.48. The molecule has 0 bridgehead atoms. The van der Waals surface area contributed by atoms with Gasteiger partial charge in [-0.2, -0.15) is 0 Å². The molecule has 0 heterocycles. The van der Waals surface area contributed by atoms with Gasteiger partial charge in [0.25, 0.3) is 0 Å². The van der Waals surface area contributed by atoms with Gasteiger partial charge in [0.15, 0.2) is 0 Å². The van der Waals surface area contributed by atoms with E-state index in [1.807, 2.05) is 0 Å². The molecule has 0 saturated heterocycles. The van der Waals surface area contributed by atoms with Gasteiger partial charge in [0.2, 0.25) is 0 Å². The first kappa shape index (κ1) is 28.3. The number of benzene rings is 4. The fraction of sp³-hybridized carbons (Fsp3) is 0.143. The molecule has 0 aliphatic carbocycles. The summed E-state index contributed by atoms with van der Waals surface area (Å²) in [6, 6.07) is 43.2. The van der Waals surface area contributed by atoms with Crippen LogP contribution in [0.2, 0.25) is 0 Å². The minimum Gasteiger partial charge on any atom is -0.854 e. The molecule has 4 aromatic rings. The van der Waals surface area contributed by atoms with E-state index >= 15 is 0 Å². The van der Waals surface area contributed by atoms with Crippen LogP contribution in [0.1, 0.15) is 1.43 Å². The summed E-state index contributed by atoms with van der Waals surface area (Å²) in [5.74, 6) is 0. The van der Waals surface area contributed by atoms with E-state index in [1.165, 1.54) is 21.2 Å². The number of hydrogen-bond acceptors (Lipinski definition) is 3. The van der Waals surface area contributed by atoms with Gasteiger partial charge < -0.3 is 23.3 Å². The second-order valence-corrected chi connectivity index (χ2v) is 16.8. The van der Waals surface area contributed by atoms with Crippen LogP contribution in [0.3, 0.4) is 0 Å². The summed E-state index contributed by atoms with van der Waals surface area (Å²) >= 11 is 0. The second kappa shape index (κ2) is 13.8. The lowest BCUT2D eigenvalue weighted by atomic mass is 10.4. The zero-order valence-corrected chi connectivity index (χ0v) is 22.8. The lowest BCUT2D eigenvalue weighted by Gasteiger charge is -2.39. The fourth-order valence-electron chi connectivity index (χ4n) is 3.50. The lowest BCUT2D eigenvalue weighted by molar-refractivity contribution is -0.407. The van der Waals surface area contributed by atoms with Crippen LogP contribution in [0, 0.1) is 0 Å². The quantitative estimate of drug-likeness (QED) is 0.396. The molecule has 0 aromatic heterocycles. The Morgan fingerprint density at radius 1 is 0.412 bits per heavy atom. The summed E-state index contributed by atoms with van der Waals surface area (Å²) < 4.78 is 0. The van der Waals surface area contributed by atoms with Crippen LogP contribution in [-0.4, -0.2) is 26.7 Å². The average Bonchev–Trinajstić information content (AvgIpc) is 2.86. The number of hydrogen-bond donors (Lipinski definition) is 0. The largest absolute Gasteiger partial charge is 1.00 e. The van der Waals surface area contributed by atoms with Crippen molar-refractivity contribution >= 4 is 44.3 Å². The summed E-state index contributed by atoms with van der Waals surface area (Å²) in [6.07, 6.45) is 0. The van der Waals surface area contributed by atoms with Crippen molar-refractivity contribution in [3.63, 3.8) is 0 Å². The maximum absolute atomic E-state index is 8.48. The first-order valence-electron chi connectivity index (χ1n) is 10.9. The first-order chi connectivity index (χ1) is 16.2. The van der Waals surface area contributed by atoms with Crippen LogP contribution in [0.5, 0.6) is 0 Å². The molecule has 0 aliphatic rings. The van der Waals surface area contributed by atoms with Crippen molar-refractivity contribution < 1.29 is 16.1 Å². The zero-order valence-electron chi connectivity index (χ0n) is 21.1. The lowest BCUT2D eigenvalue weighted by Crippen LogP contribution is -2.19. The highest BCUT2D eigenvalue weighted by Crippen LogP contribution is 2.48. The molecule has 0 N–H and O–H groups in total. The van der Waals surface area contributed by atoms with Crippen LogP contribution in [0.25, 0.3) is 0 Å². The molecule has 0 amide bonds. The zero-order chi connectivity index (χ0) is 25.0. The van der Waals surface area contributed by atoms with E-state index in [-0.39, 0.29) is 1.43 Å². The van der Waals surface area contributed by atoms with Gasteiger partial charge in [-0.3, -0.25) is 0 Å². The molecule has 4 aromatic carbocycles. The van der Waals surface area contributed by atoms with Gasteiger partial charge in [-0.15, -0.1) is 0 Å². The van der Waals surface area contributed by atoms with Gasteiger partial charge in [-0.1, -0.05) is 72.8 Å². The fourth-order valence-corrected chi connectivity index (χ4v) is 7.77. The molecule has 3 nitrogen and oxygen atoms in total. The highest BCUT2D eigenvalue weighted by molar-refractivity contribution is 7.88. The van der Waals surface area contributed by atoms with Crippen LogP contribution in [0.15, 0.2) is 121 Å². The van der Waals surface area contributed by atoms with Gasteiger partial charge in [-0.25, -0.2) is 0 Å². The summed E-state index contributed by atoms with van der Waals surface area (Å²) in [7, 11) is -5.66. The first-order valence-corrected chi connectivity index (χ1v) is 17.3. The molecule has 0 saturated carbocycles. The van der Waals surface area contributed by atoms with Gasteiger partial charge in [0.1, 0.15) is 0 Å². The normalized spacial score (nSPS) is 11.1. The van der Waals surface area contributed by atoms with E-state index in [4.69, 9.17) is 14.7 Å². The molecule has 0 aliphatic heterocycles. The highest BCUT2D eigenvalue weighted by Gasteiger charge is 2.31. The Morgan fingerprint density at radius 2 is 0.559 bits per heavy atom. The molecular formula is C28H33O3P3. The van der Waals surface area contributed by atoms with E-state index < -0.39 is 23.1 Å². The van der Waals surface area contributed by atoms with E-state index in [0.29, 0.717) is 0 Å². The third kappa shape index (κ3) is 8.68. The third-order valence-electron chi connectivity index (χ3n) is 5.61. The Balaban J connectivity index is 0.000000297. The van der Waals surface area contributed by atoms with Crippen molar-refractivity contribution in [3.05, 3.63) is 121 Å². The molecule has 6 heteroatoms. The van der Waals surface area contributed by atoms with Crippen LogP contribution >= 0.6 is 23.1 Å². The molecule has 4 rings (SSSR count). The molecule has 0 fully saturated rings. The molecule has 178 valence electrons. The summed E-state index contributed by atoms with van der Waals surface area (Å²) in [5, 5.41) is 5.87. The van der Waals surface area contributed by atoms with Gasteiger partial charge >= 0.3 is 1.43 Å². The van der Waals surface area contributed by atoms with Crippen molar-refractivity contribution in [1.82, 2.24) is 0 Å². The van der Waals surface area contributed by atoms with Crippen molar-refractivity contribution in [2.75, 3.05) is 26.7 Å². The molecule has 0 atom stereocenters. The molecule has 0 unspecified atom stereocenters. The average molecular weight is 510 g/mol. The minimum absolute atomic E-state index is 0. The second-order valence-electron chi connectivity index (χ2n) is 8.47. The summed E-state index contributed by atoms with van der Waals surface area (Å²) in [4.78, 5) is 25.4. The Hall–Kier alpha value is -1.95. The standard InChI is InChI=1S/2C14H16P.O3P/c2*1-15(2,13-9-5-3-6-10-13)14-11-7-4-8-12-14;1-4(2)3/h2*3-12H,1-2H3;/q2*+1;-3/p+1. The Bertz CT molecular complexity index is 907. The SMILES string of the molecule is C[P+](C)(c1ccccc1)c1ccccc1.C[P+](C)(c1ccccc1)c1ccccc1.[H+].[O-]P([O-])[O-]. The van der Waals surface area contributed by atoms with Crippen molar-refractivity contribution in [1.29, 1.82) is 0 Å². The van der Waals surface area contributed by atoms with E-state index in [9.17, 15) is 0 Å². The maximum Gasteiger partial charge on any atom is 1.00 e. The van der Waals surface area contributed by atoms with Crippen molar-refractivity contribution in [2.24, 2.45) is 0 Å². The predicted molar refractivity (Wildman–Crippen MR) is 150 cm³/mol. The van der Waals surface area contributed by atoms with Crippen molar-refractivity contribution in [2.45, 2.75) is 0 Å². The molecule has 0 radical (unpaired) electrons. The van der Waals surface area contributed by atoms with Gasteiger partial charge in [-0.05, 0) is 48.5 Å². The summed E-state index contributed by atoms with van der Waals surface area (Å²) in [6.45, 7) is 9.49. The third-order valence-corrected chi connectivity index (χ3v) is 12.0. The molecular weight excluding hydrogens is 477 g/mol. The van der Waals surface area contributed by atoms with Crippen LogP contribution in [-0.2, 0) is 0 Å². The molecule has 34 heavy (non-hydrogen) atoms. The minimum atomic E-state index is -3.37. The topological polar surface area (TPSA) is 69.2 Å². The monoisotopic (exact) mass is 510 g/mol. The van der Waals surface area contributed by atoms with Crippen molar-refractivity contribution in [3.8, 4) is 0 Å². The Morgan fingerprint density at radius 3 is 0.706 bits per heavy atom. The van der Waals surface area contributed by atoms with E-state index in [2.05, 4.69) is 148 Å². The smallest absolute Gasteiger partial charge is 0.854 e. The highest BCUT2D eigenvalue weighted by atomic mass is 31.2. The number of rotatable bonds is 4. The molecule has 0 spiro atoms. The van der Waals surface area contributed by atoms with Crippen LogP contribution in [0.4, 0.5) is 0 Å². The van der Waals surface area contributed by atoms with E-state index in [0.717, 1.165) is 0 Å². The van der Waals surface area contributed by atoms with E-state index in [1.54, 1.807) is 0 Å². The summed E-state index contributed by atoms with van der Waals surface area (Å²) in [5.41, 5.74) is 0. The predicted octanol–water partition coefficient (Wildman–Crippen LogP) is 3.24. The van der Waals surface area contributed by atoms with Gasteiger partial charge in [0.05, 0.1) is 62.4 Å².